The molecule has 0 saturated carbocycles. The van der Waals surface area contributed by atoms with E-state index in [1.807, 2.05) is 11.3 Å². The summed E-state index contributed by atoms with van der Waals surface area (Å²) < 4.78 is 10.5. The highest BCUT2D eigenvalue weighted by Gasteiger charge is 2.46. The Morgan fingerprint density at radius 3 is 1.87 bits per heavy atom. The molecule has 0 amide bonds. The molecule has 0 saturated heterocycles. The van der Waals surface area contributed by atoms with E-state index < -0.39 is 0 Å². The number of aromatic nitrogens is 3. The fourth-order valence-electron chi connectivity index (χ4n) is 14.9. The highest BCUT2D eigenvalue weighted by atomic mass is 32.1. The van der Waals surface area contributed by atoms with Gasteiger partial charge in [0.15, 0.2) is 0 Å². The molecule has 0 N–H and O–H groups in total. The molecule has 79 heavy (non-hydrogen) atoms. The van der Waals surface area contributed by atoms with Crippen LogP contribution in [0.3, 0.4) is 0 Å². The highest BCUT2D eigenvalue weighted by molar-refractivity contribution is 7.33. The molecule has 378 valence electrons. The van der Waals surface area contributed by atoms with Crippen LogP contribution in [0.5, 0.6) is 0 Å². The minimum Gasteiger partial charge on any atom is -0.310 e. The summed E-state index contributed by atoms with van der Waals surface area (Å²) >= 11 is 1.99. The summed E-state index contributed by atoms with van der Waals surface area (Å²) in [7, 11) is 0. The Hall–Kier alpha value is -8.58. The summed E-state index contributed by atoms with van der Waals surface area (Å²) in [5.74, 6) is 0. The predicted octanol–water partition coefficient (Wildman–Crippen LogP) is 17.7. The van der Waals surface area contributed by atoms with Crippen LogP contribution in [0.2, 0.25) is 0 Å². The van der Waals surface area contributed by atoms with Gasteiger partial charge >= 0.3 is 0 Å². The molecular formula is C73H57BN4S. The number of thiophene rings is 1. The average molecular weight is 1030 g/mol. The van der Waals surface area contributed by atoms with Gasteiger partial charge in [0.05, 0.1) is 39.0 Å². The van der Waals surface area contributed by atoms with Gasteiger partial charge in [0.2, 0.25) is 0 Å². The third-order valence-electron chi connectivity index (χ3n) is 18.5. The van der Waals surface area contributed by atoms with Crippen LogP contribution in [0, 0.1) is 0 Å². The lowest BCUT2D eigenvalue weighted by molar-refractivity contribution is 0.590. The lowest BCUT2D eigenvalue weighted by atomic mass is 9.36. The molecule has 2 aliphatic heterocycles. The smallest absolute Gasteiger partial charge is 0.264 e. The van der Waals surface area contributed by atoms with E-state index in [1.165, 1.54) is 147 Å². The zero-order valence-corrected chi connectivity index (χ0v) is 46.6. The Morgan fingerprint density at radius 2 is 1.09 bits per heavy atom. The molecule has 0 spiro atoms. The standard InChI is InChI=1S/C73H57BN4S/c1-71(2,3)42-29-32-45(33-30-42)77-60-40-46(75-57-28-17-14-23-51(57)63-58(75)36-34-49-47-21-12-15-25-54(47)73(7,8)65(49)63)41-61-66(60)74(70-69(77)53-39-43(72(4,5)6)31-38-62(53)79-70)55-26-18-24-52-64-59(78(61)67(52)55)37-35-50-48-22-13-16-27-56(48)76(68(50)64)44-19-10-9-11-20-44/h9-41H,1-8H3. The number of para-hydroxylation sites is 4. The predicted molar refractivity (Wildman–Crippen MR) is 339 cm³/mol. The lowest BCUT2D eigenvalue weighted by Gasteiger charge is -2.39. The van der Waals surface area contributed by atoms with Crippen LogP contribution in [-0.2, 0) is 16.2 Å². The molecule has 10 aromatic carbocycles. The molecule has 1 aliphatic carbocycles. The summed E-state index contributed by atoms with van der Waals surface area (Å²) in [5, 5.41) is 9.02. The normalized spacial score (nSPS) is 14.4. The van der Waals surface area contributed by atoms with Crippen molar-refractivity contribution in [3.05, 3.63) is 222 Å². The Morgan fingerprint density at radius 1 is 0.430 bits per heavy atom. The number of hydrogen-bond donors (Lipinski definition) is 0. The van der Waals surface area contributed by atoms with Crippen molar-refractivity contribution in [2.45, 2.75) is 71.6 Å². The highest BCUT2D eigenvalue weighted by Crippen LogP contribution is 2.55. The lowest BCUT2D eigenvalue weighted by Crippen LogP contribution is -2.59. The Kier molecular flexibility index (Phi) is 8.84. The van der Waals surface area contributed by atoms with Crippen molar-refractivity contribution in [1.29, 1.82) is 0 Å². The van der Waals surface area contributed by atoms with Crippen LogP contribution in [-0.4, -0.2) is 20.4 Å². The number of benzene rings is 10. The Bertz CT molecular complexity index is 5010. The molecule has 17 rings (SSSR count). The zero-order chi connectivity index (χ0) is 53.2. The molecule has 3 aliphatic rings. The molecule has 4 nitrogen and oxygen atoms in total. The Labute approximate surface area is 464 Å². The van der Waals surface area contributed by atoms with Crippen molar-refractivity contribution in [3.8, 4) is 28.2 Å². The molecule has 0 atom stereocenters. The minimum atomic E-state index is -0.194. The van der Waals surface area contributed by atoms with Crippen molar-refractivity contribution in [2.24, 2.45) is 0 Å². The SMILES string of the molecule is CC(C)(C)c1ccc(N2c3cc(-n4c5ccccc5c5c6c(ccc54)-c4ccccc4C6(C)C)cc4c3B(c3sc5ccc(C(C)(C)C)cc5c32)c2cccc3c5c(ccc6c7ccccc7n(-c7ccccc7)c65)n-4c23)cc1. The quantitative estimate of drug-likeness (QED) is 0.161. The van der Waals surface area contributed by atoms with E-state index in [2.05, 4.69) is 274 Å². The number of rotatable bonds is 3. The monoisotopic (exact) mass is 1030 g/mol. The van der Waals surface area contributed by atoms with Gasteiger partial charge in [-0.1, -0.05) is 183 Å². The molecule has 0 bridgehead atoms. The largest absolute Gasteiger partial charge is 0.310 e. The van der Waals surface area contributed by atoms with E-state index in [-0.39, 0.29) is 23.0 Å². The van der Waals surface area contributed by atoms with Crippen molar-refractivity contribution in [1.82, 2.24) is 13.7 Å². The van der Waals surface area contributed by atoms with Crippen molar-refractivity contribution >= 4 is 126 Å². The van der Waals surface area contributed by atoms with E-state index in [0.717, 1.165) is 11.4 Å². The number of fused-ring (bicyclic) bond motifs is 20. The number of hydrogen-bond acceptors (Lipinski definition) is 2. The fraction of sp³-hybridized carbons (Fsp3) is 0.151. The molecule has 6 heteroatoms. The summed E-state index contributed by atoms with van der Waals surface area (Å²) in [6.07, 6.45) is 0. The molecule has 0 unspecified atom stereocenters. The first-order valence-electron chi connectivity index (χ1n) is 28.1. The van der Waals surface area contributed by atoms with Crippen LogP contribution in [0.4, 0.5) is 17.1 Å². The maximum atomic E-state index is 2.67. The van der Waals surface area contributed by atoms with Crippen LogP contribution >= 0.6 is 11.3 Å². The van der Waals surface area contributed by atoms with Gasteiger partial charge in [-0.05, 0) is 128 Å². The summed E-state index contributed by atoms with van der Waals surface area (Å²) in [6, 6.07) is 77.0. The van der Waals surface area contributed by atoms with Gasteiger partial charge in [-0.3, -0.25) is 0 Å². The number of anilines is 3. The third kappa shape index (κ3) is 5.89. The third-order valence-corrected chi connectivity index (χ3v) is 19.7. The summed E-state index contributed by atoms with van der Waals surface area (Å²) in [4.78, 5) is 2.67. The first-order valence-corrected chi connectivity index (χ1v) is 28.9. The molecule has 0 radical (unpaired) electrons. The van der Waals surface area contributed by atoms with Crippen LogP contribution in [0.15, 0.2) is 200 Å². The van der Waals surface area contributed by atoms with E-state index in [0.29, 0.717) is 0 Å². The molecule has 6 heterocycles. The maximum Gasteiger partial charge on any atom is 0.264 e. The van der Waals surface area contributed by atoms with E-state index in [9.17, 15) is 0 Å². The fourth-order valence-corrected chi connectivity index (χ4v) is 16.2. The minimum absolute atomic E-state index is 0.00129. The van der Waals surface area contributed by atoms with Crippen LogP contribution in [0.1, 0.15) is 77.6 Å². The second kappa shape index (κ2) is 15.4. The second-order valence-electron chi connectivity index (χ2n) is 25.3. The van der Waals surface area contributed by atoms with Gasteiger partial charge in [0.1, 0.15) is 0 Å². The van der Waals surface area contributed by atoms with Crippen LogP contribution < -0.4 is 20.6 Å². The van der Waals surface area contributed by atoms with Crippen molar-refractivity contribution < 1.29 is 0 Å². The first kappa shape index (κ1) is 45.4. The maximum absolute atomic E-state index is 2.67. The van der Waals surface area contributed by atoms with E-state index in [4.69, 9.17) is 0 Å². The molecule has 0 fully saturated rings. The average Bonchev–Trinajstić information content (AvgIpc) is 2.58. The zero-order valence-electron chi connectivity index (χ0n) is 45.8. The molecule has 14 aromatic rings. The Balaban J connectivity index is 1.06. The summed E-state index contributed by atoms with van der Waals surface area (Å²) in [5.41, 5.74) is 25.2. The van der Waals surface area contributed by atoms with Gasteiger partial charge in [-0.25, -0.2) is 0 Å². The van der Waals surface area contributed by atoms with Gasteiger partial charge in [0, 0.05) is 80.9 Å². The topological polar surface area (TPSA) is 18.0 Å². The van der Waals surface area contributed by atoms with Crippen molar-refractivity contribution in [2.75, 3.05) is 4.90 Å². The van der Waals surface area contributed by atoms with Gasteiger partial charge < -0.3 is 18.6 Å². The second-order valence-corrected chi connectivity index (χ2v) is 26.4. The van der Waals surface area contributed by atoms with E-state index >= 15 is 0 Å². The summed E-state index contributed by atoms with van der Waals surface area (Å²) in [6.45, 7) is 18.8. The van der Waals surface area contributed by atoms with Gasteiger partial charge in [-0.15, -0.1) is 11.3 Å². The van der Waals surface area contributed by atoms with E-state index in [1.54, 1.807) is 0 Å². The first-order chi connectivity index (χ1) is 38.3. The van der Waals surface area contributed by atoms with Gasteiger partial charge in [0.25, 0.3) is 6.71 Å². The van der Waals surface area contributed by atoms with Crippen LogP contribution in [0.25, 0.3) is 104 Å². The van der Waals surface area contributed by atoms with Gasteiger partial charge in [-0.2, -0.15) is 0 Å². The number of nitrogens with zero attached hydrogens (tertiary/aromatic N) is 4. The van der Waals surface area contributed by atoms with Crippen molar-refractivity contribution in [3.63, 3.8) is 0 Å². The molecular weight excluding hydrogens is 976 g/mol. The molecule has 4 aromatic heterocycles.